The lowest BCUT2D eigenvalue weighted by Gasteiger charge is -2.28. The highest BCUT2D eigenvalue weighted by atomic mass is 19.1. The zero-order valence-corrected chi connectivity index (χ0v) is 21.1. The van der Waals surface area contributed by atoms with E-state index in [1.807, 2.05) is 0 Å². The van der Waals surface area contributed by atoms with Gasteiger partial charge in [-0.3, -0.25) is 0 Å². The Hall–Kier alpha value is -4.75. The van der Waals surface area contributed by atoms with Crippen molar-refractivity contribution in [2.75, 3.05) is 0 Å². The van der Waals surface area contributed by atoms with Crippen LogP contribution in [-0.2, 0) is 6.42 Å². The first-order valence-corrected chi connectivity index (χ1v) is 13.7. The number of fused-ring (bicyclic) bond motifs is 11. The first-order valence-electron chi connectivity index (χ1n) is 13.7. The van der Waals surface area contributed by atoms with Crippen LogP contribution in [0.1, 0.15) is 22.6 Å². The molecule has 0 fully saturated rings. The summed E-state index contributed by atoms with van der Waals surface area (Å²) in [6, 6.07) is 39.1. The van der Waals surface area contributed by atoms with Crippen LogP contribution in [-0.4, -0.2) is 0 Å². The Bertz CT molecular complexity index is 2270. The molecule has 1 atom stereocenters. The molecule has 180 valence electrons. The molecule has 7 aromatic carbocycles. The molecule has 3 aliphatic carbocycles. The van der Waals surface area contributed by atoms with Crippen LogP contribution in [0.25, 0.3) is 76.8 Å². The summed E-state index contributed by atoms with van der Waals surface area (Å²) in [5.41, 5.74) is 13.7. The number of hydrogen-bond acceptors (Lipinski definition) is 0. The summed E-state index contributed by atoms with van der Waals surface area (Å²) in [6.45, 7) is 0. The maximum absolute atomic E-state index is 15.4. The largest absolute Gasteiger partial charge is 0.207 e. The van der Waals surface area contributed by atoms with Gasteiger partial charge in [0.25, 0.3) is 0 Å². The summed E-state index contributed by atoms with van der Waals surface area (Å²) < 4.78 is 15.4. The van der Waals surface area contributed by atoms with Crippen LogP contribution < -0.4 is 0 Å². The van der Waals surface area contributed by atoms with E-state index in [0.29, 0.717) is 0 Å². The maximum Gasteiger partial charge on any atom is 0.124 e. The molecule has 1 unspecified atom stereocenters. The Balaban J connectivity index is 1.31. The Morgan fingerprint density at radius 2 is 1.10 bits per heavy atom. The van der Waals surface area contributed by atoms with Gasteiger partial charge in [-0.15, -0.1) is 0 Å². The van der Waals surface area contributed by atoms with Crippen LogP contribution in [0.3, 0.4) is 0 Å². The van der Waals surface area contributed by atoms with Crippen LogP contribution >= 0.6 is 0 Å². The molecule has 1 heteroatoms. The van der Waals surface area contributed by atoms with Crippen LogP contribution in [0.15, 0.2) is 109 Å². The maximum atomic E-state index is 15.4. The van der Waals surface area contributed by atoms with Gasteiger partial charge in [0.2, 0.25) is 0 Å². The fourth-order valence-electron chi connectivity index (χ4n) is 7.92. The second kappa shape index (κ2) is 6.81. The van der Waals surface area contributed by atoms with E-state index < -0.39 is 0 Å². The fraction of sp³-hybridized carbons (Fsp3) is 0.0526. The zero-order chi connectivity index (χ0) is 25.4. The van der Waals surface area contributed by atoms with E-state index in [1.54, 1.807) is 12.1 Å². The van der Waals surface area contributed by atoms with Crippen molar-refractivity contribution in [3.63, 3.8) is 0 Å². The number of halogens is 1. The number of rotatable bonds is 0. The first kappa shape index (κ1) is 20.2. The van der Waals surface area contributed by atoms with Gasteiger partial charge in [0, 0.05) is 5.92 Å². The molecule has 0 heterocycles. The van der Waals surface area contributed by atoms with Crippen LogP contribution in [0, 0.1) is 5.82 Å². The molecule has 0 bridgehead atoms. The van der Waals surface area contributed by atoms with Gasteiger partial charge >= 0.3 is 0 Å². The van der Waals surface area contributed by atoms with Crippen LogP contribution in [0.5, 0.6) is 0 Å². The highest BCUT2D eigenvalue weighted by Gasteiger charge is 2.38. The van der Waals surface area contributed by atoms with E-state index in [2.05, 4.69) is 97.1 Å². The molecule has 0 N–H and O–H groups in total. The monoisotopic (exact) mass is 496 g/mol. The minimum atomic E-state index is -0.159. The van der Waals surface area contributed by atoms with Gasteiger partial charge in [-0.25, -0.2) is 4.39 Å². The number of hydrogen-bond donors (Lipinski definition) is 0. The van der Waals surface area contributed by atoms with E-state index >= 15 is 4.39 Å². The van der Waals surface area contributed by atoms with Crippen molar-refractivity contribution < 1.29 is 4.39 Å². The average molecular weight is 497 g/mol. The quantitative estimate of drug-likeness (QED) is 0.196. The van der Waals surface area contributed by atoms with Crippen molar-refractivity contribution in [1.29, 1.82) is 0 Å². The Labute approximate surface area is 225 Å². The summed E-state index contributed by atoms with van der Waals surface area (Å²) >= 11 is 0. The first-order chi connectivity index (χ1) is 19.2. The lowest BCUT2D eigenvalue weighted by Crippen LogP contribution is -2.11. The molecule has 0 aliphatic heterocycles. The molecule has 10 rings (SSSR count). The van der Waals surface area contributed by atoms with Gasteiger partial charge in [0.1, 0.15) is 5.82 Å². The molecule has 0 spiro atoms. The van der Waals surface area contributed by atoms with Crippen molar-refractivity contribution in [3.05, 3.63) is 132 Å². The second-order valence-corrected chi connectivity index (χ2v) is 11.4. The SMILES string of the molecule is Fc1cc2c3c(c1)-c1cc4c5c(cccc5c1CC3c1cc3ccccc3cc1-2)-c1cc2ccccc2cc1-4. The standard InChI is InChI=1S/C38H21F/c39-24-16-33-29-14-22-8-3-4-9-23(22)15-30(29)36-18-31-26-11-5-10-25-27-12-20-6-1-2-7-21(20)13-28(27)35(37(25)26)19-32(31)34(17-24)38(33)36/h1-17,19,36H,18H2. The van der Waals surface area contributed by atoms with Gasteiger partial charge in [0.05, 0.1) is 0 Å². The third-order valence-corrected chi connectivity index (χ3v) is 9.51. The molecular weight excluding hydrogens is 475 g/mol. The number of benzene rings is 7. The molecule has 39 heavy (non-hydrogen) atoms. The lowest BCUT2D eigenvalue weighted by atomic mass is 9.75. The smallest absolute Gasteiger partial charge is 0.124 e. The van der Waals surface area contributed by atoms with Gasteiger partial charge in [-0.05, 0) is 142 Å². The van der Waals surface area contributed by atoms with Crippen LogP contribution in [0.2, 0.25) is 0 Å². The normalized spacial score (nSPS) is 15.5. The topological polar surface area (TPSA) is 0 Å². The molecule has 3 aliphatic rings. The Morgan fingerprint density at radius 1 is 0.487 bits per heavy atom. The summed E-state index contributed by atoms with van der Waals surface area (Å²) in [6.07, 6.45) is 0.935. The summed E-state index contributed by atoms with van der Waals surface area (Å²) in [5, 5.41) is 7.63. The predicted octanol–water partition coefficient (Wildman–Crippen LogP) is 10.3. The molecule has 0 saturated carbocycles. The highest BCUT2D eigenvalue weighted by molar-refractivity contribution is 6.20. The minimum Gasteiger partial charge on any atom is -0.207 e. The second-order valence-electron chi connectivity index (χ2n) is 11.4. The Morgan fingerprint density at radius 3 is 1.82 bits per heavy atom. The van der Waals surface area contributed by atoms with Gasteiger partial charge in [-0.2, -0.15) is 0 Å². The summed E-state index contributed by atoms with van der Waals surface area (Å²) in [5.74, 6) is 0.0825. The third-order valence-electron chi connectivity index (χ3n) is 9.51. The molecule has 0 saturated heterocycles. The van der Waals surface area contributed by atoms with E-state index in [9.17, 15) is 0 Å². The molecule has 0 amide bonds. The molecular formula is C38H21F. The Kier molecular flexibility index (Phi) is 3.54. The van der Waals surface area contributed by atoms with E-state index in [0.717, 1.165) is 17.5 Å². The van der Waals surface area contributed by atoms with Crippen molar-refractivity contribution in [2.45, 2.75) is 12.3 Å². The summed E-state index contributed by atoms with van der Waals surface area (Å²) in [7, 11) is 0. The van der Waals surface area contributed by atoms with Crippen molar-refractivity contribution in [2.24, 2.45) is 0 Å². The minimum absolute atomic E-state index is 0.159. The van der Waals surface area contributed by atoms with E-state index in [4.69, 9.17) is 0 Å². The molecule has 0 aromatic heterocycles. The molecule has 7 aromatic rings. The lowest BCUT2D eigenvalue weighted by molar-refractivity contribution is 0.627. The average Bonchev–Trinajstić information content (AvgIpc) is 3.44. The van der Waals surface area contributed by atoms with Gasteiger partial charge < -0.3 is 0 Å². The zero-order valence-electron chi connectivity index (χ0n) is 21.1. The predicted molar refractivity (Wildman–Crippen MR) is 160 cm³/mol. The van der Waals surface area contributed by atoms with Gasteiger partial charge in [0.15, 0.2) is 0 Å². The van der Waals surface area contributed by atoms with Crippen molar-refractivity contribution >= 4 is 32.3 Å². The van der Waals surface area contributed by atoms with E-state index in [-0.39, 0.29) is 11.7 Å². The molecule has 0 nitrogen and oxygen atoms in total. The van der Waals surface area contributed by atoms with Crippen molar-refractivity contribution in [1.82, 2.24) is 0 Å². The van der Waals surface area contributed by atoms with Gasteiger partial charge in [-0.1, -0.05) is 66.7 Å². The van der Waals surface area contributed by atoms with E-state index in [1.165, 1.54) is 82.4 Å². The molecule has 0 radical (unpaired) electrons. The summed E-state index contributed by atoms with van der Waals surface area (Å²) in [4.78, 5) is 0. The fourth-order valence-corrected chi connectivity index (χ4v) is 7.92. The van der Waals surface area contributed by atoms with Crippen LogP contribution in [0.4, 0.5) is 4.39 Å². The van der Waals surface area contributed by atoms with Crippen molar-refractivity contribution in [3.8, 4) is 44.5 Å². The highest BCUT2D eigenvalue weighted by Crippen LogP contribution is 2.58. The third kappa shape index (κ3) is 2.44.